The minimum atomic E-state index is -0.724. The van der Waals surface area contributed by atoms with E-state index in [-0.39, 0.29) is 18.1 Å². The predicted molar refractivity (Wildman–Crippen MR) is 82.9 cm³/mol. The van der Waals surface area contributed by atoms with E-state index in [4.69, 9.17) is 0 Å². The molecular weight excluding hydrogens is 311 g/mol. The first-order valence-corrected chi connectivity index (χ1v) is 7.24. The quantitative estimate of drug-likeness (QED) is 0.553. The van der Waals surface area contributed by atoms with Crippen molar-refractivity contribution in [2.45, 2.75) is 12.8 Å². The molecule has 3 aromatic rings. The number of aromatic nitrogens is 4. The van der Waals surface area contributed by atoms with Gasteiger partial charge in [0, 0.05) is 17.8 Å². The zero-order valence-corrected chi connectivity index (χ0v) is 12.6. The Labute approximate surface area is 136 Å². The Hall–Kier alpha value is -3.22. The van der Waals surface area contributed by atoms with Gasteiger partial charge in [0.2, 0.25) is 5.78 Å². The van der Waals surface area contributed by atoms with E-state index in [1.54, 1.807) is 24.3 Å². The Morgan fingerprint density at radius 2 is 1.79 bits per heavy atom. The van der Waals surface area contributed by atoms with Crippen LogP contribution >= 0.6 is 0 Å². The highest BCUT2D eigenvalue weighted by Gasteiger charge is 2.19. The van der Waals surface area contributed by atoms with Gasteiger partial charge in [0.05, 0.1) is 6.42 Å². The number of aromatic amines is 1. The minimum Gasteiger partial charge on any atom is -0.290 e. The third-order valence-electron chi connectivity index (χ3n) is 3.39. The fourth-order valence-corrected chi connectivity index (χ4v) is 2.23. The molecule has 0 atom stereocenters. The van der Waals surface area contributed by atoms with Crippen molar-refractivity contribution in [1.29, 1.82) is 0 Å². The molecule has 3 rings (SSSR count). The number of H-pyrrole nitrogens is 1. The molecule has 0 spiro atoms. The second-order valence-electron chi connectivity index (χ2n) is 5.19. The zero-order valence-electron chi connectivity index (χ0n) is 12.6. The largest absolute Gasteiger partial charge is 0.290 e. The molecule has 7 heteroatoms. The Morgan fingerprint density at radius 1 is 1.04 bits per heavy atom. The number of hydrogen-bond acceptors (Lipinski definition) is 5. The first-order chi connectivity index (χ1) is 11.6. The van der Waals surface area contributed by atoms with Crippen LogP contribution in [0.5, 0.6) is 0 Å². The van der Waals surface area contributed by atoms with E-state index in [0.29, 0.717) is 12.1 Å². The third kappa shape index (κ3) is 3.75. The fourth-order valence-electron chi connectivity index (χ4n) is 2.23. The highest BCUT2D eigenvalue weighted by molar-refractivity contribution is 6.43. The molecule has 1 N–H and O–H groups in total. The van der Waals surface area contributed by atoms with E-state index in [9.17, 15) is 14.0 Å². The van der Waals surface area contributed by atoms with Crippen molar-refractivity contribution in [3.63, 3.8) is 0 Å². The van der Waals surface area contributed by atoms with Crippen LogP contribution in [-0.4, -0.2) is 31.7 Å². The van der Waals surface area contributed by atoms with E-state index < -0.39 is 11.6 Å². The SMILES string of the molecule is O=C(Cc1cccc(Cc2ccc(F)cc2)n1)C(=O)c1ncn[nH]1. The molecular formula is C17H13FN4O2. The van der Waals surface area contributed by atoms with Gasteiger partial charge in [-0.3, -0.25) is 19.7 Å². The molecule has 6 nitrogen and oxygen atoms in total. The second kappa shape index (κ2) is 6.91. The number of rotatable bonds is 6. The van der Waals surface area contributed by atoms with Gasteiger partial charge >= 0.3 is 0 Å². The molecule has 0 unspecified atom stereocenters. The summed E-state index contributed by atoms with van der Waals surface area (Å²) in [5, 5.41) is 5.92. The average molecular weight is 324 g/mol. The van der Waals surface area contributed by atoms with Gasteiger partial charge in [-0.05, 0) is 29.8 Å². The van der Waals surface area contributed by atoms with Gasteiger partial charge in [-0.15, -0.1) is 0 Å². The second-order valence-corrected chi connectivity index (χ2v) is 5.19. The normalized spacial score (nSPS) is 10.5. The highest BCUT2D eigenvalue weighted by atomic mass is 19.1. The van der Waals surface area contributed by atoms with E-state index in [2.05, 4.69) is 20.2 Å². The first kappa shape index (κ1) is 15.7. The molecule has 0 aliphatic rings. The number of Topliss-reactive ketones (excluding diaryl/α,β-unsaturated/α-hetero) is 2. The summed E-state index contributed by atoms with van der Waals surface area (Å²) in [5.41, 5.74) is 2.14. The number of hydrogen-bond donors (Lipinski definition) is 1. The molecule has 0 fully saturated rings. The van der Waals surface area contributed by atoms with Crippen molar-refractivity contribution in [2.24, 2.45) is 0 Å². The lowest BCUT2D eigenvalue weighted by molar-refractivity contribution is -0.114. The van der Waals surface area contributed by atoms with E-state index in [1.165, 1.54) is 18.5 Å². The molecule has 120 valence electrons. The number of carbonyl (C=O) groups excluding carboxylic acids is 2. The highest BCUT2D eigenvalue weighted by Crippen LogP contribution is 2.10. The molecule has 0 amide bonds. The summed E-state index contributed by atoms with van der Waals surface area (Å²) in [6.45, 7) is 0. The standard InChI is InChI=1S/C17H13FN4O2/c18-12-6-4-11(5-7-12)8-13-2-1-3-14(21-13)9-15(23)16(24)17-19-10-20-22-17/h1-7,10H,8-9H2,(H,19,20,22). The number of benzene rings is 1. The lowest BCUT2D eigenvalue weighted by Crippen LogP contribution is -2.19. The number of nitrogens with one attached hydrogen (secondary N) is 1. The van der Waals surface area contributed by atoms with Gasteiger partial charge in [-0.1, -0.05) is 18.2 Å². The van der Waals surface area contributed by atoms with Gasteiger partial charge in [-0.2, -0.15) is 5.10 Å². The van der Waals surface area contributed by atoms with E-state index >= 15 is 0 Å². The Kier molecular flexibility index (Phi) is 4.51. The molecule has 0 aliphatic carbocycles. The monoisotopic (exact) mass is 324 g/mol. The first-order valence-electron chi connectivity index (χ1n) is 7.24. The van der Waals surface area contributed by atoms with Crippen molar-refractivity contribution >= 4 is 11.6 Å². The van der Waals surface area contributed by atoms with Gasteiger partial charge in [0.25, 0.3) is 5.78 Å². The van der Waals surface area contributed by atoms with Gasteiger partial charge in [-0.25, -0.2) is 9.37 Å². The maximum absolute atomic E-state index is 12.9. The lowest BCUT2D eigenvalue weighted by atomic mass is 10.1. The number of carbonyl (C=O) groups is 2. The van der Waals surface area contributed by atoms with Crippen LogP contribution in [-0.2, 0) is 17.6 Å². The molecule has 2 aromatic heterocycles. The lowest BCUT2D eigenvalue weighted by Gasteiger charge is -2.04. The van der Waals surface area contributed by atoms with Gasteiger partial charge in [0.15, 0.2) is 5.82 Å². The van der Waals surface area contributed by atoms with Gasteiger partial charge < -0.3 is 0 Å². The Bertz CT molecular complexity index is 861. The minimum absolute atomic E-state index is 0.0810. The van der Waals surface area contributed by atoms with Crippen LogP contribution in [0.25, 0.3) is 0 Å². The van der Waals surface area contributed by atoms with Crippen LogP contribution in [0.4, 0.5) is 4.39 Å². The smallest absolute Gasteiger partial charge is 0.265 e. The Morgan fingerprint density at radius 3 is 2.50 bits per heavy atom. The average Bonchev–Trinajstić information content (AvgIpc) is 3.11. The van der Waals surface area contributed by atoms with Crippen LogP contribution in [0, 0.1) is 5.82 Å². The summed E-state index contributed by atoms with van der Waals surface area (Å²) in [6.07, 6.45) is 1.57. The number of halogens is 1. The summed E-state index contributed by atoms with van der Waals surface area (Å²) in [4.78, 5) is 31.9. The van der Waals surface area contributed by atoms with Crippen LogP contribution in [0.2, 0.25) is 0 Å². The van der Waals surface area contributed by atoms with Crippen molar-refractivity contribution < 1.29 is 14.0 Å². The van der Waals surface area contributed by atoms with E-state index in [0.717, 1.165) is 11.3 Å². The molecule has 0 saturated heterocycles. The van der Waals surface area contributed by atoms with Crippen LogP contribution in [0.1, 0.15) is 27.6 Å². The molecule has 1 aromatic carbocycles. The van der Waals surface area contributed by atoms with Crippen LogP contribution in [0.3, 0.4) is 0 Å². The third-order valence-corrected chi connectivity index (χ3v) is 3.39. The van der Waals surface area contributed by atoms with E-state index in [1.807, 2.05) is 6.07 Å². The van der Waals surface area contributed by atoms with Crippen molar-refractivity contribution in [3.05, 3.63) is 77.4 Å². The summed E-state index contributed by atoms with van der Waals surface area (Å²) in [5.74, 6) is -1.71. The maximum atomic E-state index is 12.9. The summed E-state index contributed by atoms with van der Waals surface area (Å²) in [6, 6.07) is 11.4. The van der Waals surface area contributed by atoms with Gasteiger partial charge in [0.1, 0.15) is 12.1 Å². The molecule has 0 aliphatic heterocycles. The topological polar surface area (TPSA) is 88.6 Å². The molecule has 0 bridgehead atoms. The van der Waals surface area contributed by atoms with Crippen LogP contribution < -0.4 is 0 Å². The Balaban J connectivity index is 1.70. The molecule has 2 heterocycles. The molecule has 0 radical (unpaired) electrons. The maximum Gasteiger partial charge on any atom is 0.265 e. The molecule has 0 saturated carbocycles. The summed E-state index contributed by atoms with van der Waals surface area (Å²) in [7, 11) is 0. The predicted octanol–water partition coefficient (Wildman–Crippen LogP) is 1.92. The van der Waals surface area contributed by atoms with Crippen molar-refractivity contribution in [3.8, 4) is 0 Å². The van der Waals surface area contributed by atoms with Crippen molar-refractivity contribution in [2.75, 3.05) is 0 Å². The number of nitrogens with zero attached hydrogens (tertiary/aromatic N) is 3. The number of pyridine rings is 1. The molecule has 24 heavy (non-hydrogen) atoms. The van der Waals surface area contributed by atoms with Crippen LogP contribution in [0.15, 0.2) is 48.8 Å². The summed E-state index contributed by atoms with van der Waals surface area (Å²) >= 11 is 0. The fraction of sp³-hybridized carbons (Fsp3) is 0.118. The van der Waals surface area contributed by atoms with Crippen molar-refractivity contribution in [1.82, 2.24) is 20.2 Å². The summed E-state index contributed by atoms with van der Waals surface area (Å²) < 4.78 is 12.9. The zero-order chi connectivity index (χ0) is 16.9. The number of ketones is 2.